The van der Waals surface area contributed by atoms with Crippen molar-refractivity contribution in [3.63, 3.8) is 0 Å². The molecule has 7 heteroatoms. The molecule has 1 amide bonds. The van der Waals surface area contributed by atoms with Crippen LogP contribution < -0.4 is 9.47 Å². The van der Waals surface area contributed by atoms with Crippen molar-refractivity contribution in [2.45, 2.75) is 13.0 Å². The van der Waals surface area contributed by atoms with Gasteiger partial charge < -0.3 is 19.1 Å². The van der Waals surface area contributed by atoms with Crippen molar-refractivity contribution in [1.82, 2.24) is 9.88 Å². The molecule has 136 valence electrons. The smallest absolute Gasteiger partial charge is 0.356 e. The molecule has 0 spiro atoms. The van der Waals surface area contributed by atoms with Crippen LogP contribution in [0.3, 0.4) is 0 Å². The molecular weight excluding hydrogens is 336 g/mol. The Kier molecular flexibility index (Phi) is 5.06. The number of amides is 1. The molecule has 1 aliphatic rings. The van der Waals surface area contributed by atoms with Gasteiger partial charge in [0.2, 0.25) is 0 Å². The number of hydrogen-bond donors (Lipinski definition) is 0. The number of carbonyl (C=O) groups is 2. The van der Waals surface area contributed by atoms with Crippen molar-refractivity contribution in [3.05, 3.63) is 52.8 Å². The van der Waals surface area contributed by atoms with Gasteiger partial charge in [0.25, 0.3) is 5.91 Å². The summed E-state index contributed by atoms with van der Waals surface area (Å²) in [4.78, 5) is 30.7. The SMILES string of the molecule is COC(=O)c1ccc2c(n1)CN(C(=O)c1ccc(OC)cc1OC)CC2. The third-order valence-corrected chi connectivity index (χ3v) is 4.38. The first kappa shape index (κ1) is 17.7. The van der Waals surface area contributed by atoms with Crippen LogP contribution in [0.4, 0.5) is 0 Å². The van der Waals surface area contributed by atoms with E-state index in [0.29, 0.717) is 42.3 Å². The van der Waals surface area contributed by atoms with Gasteiger partial charge in [0.15, 0.2) is 0 Å². The Balaban J connectivity index is 1.86. The molecule has 1 aliphatic heterocycles. The van der Waals surface area contributed by atoms with Gasteiger partial charge >= 0.3 is 5.97 Å². The van der Waals surface area contributed by atoms with Gasteiger partial charge in [-0.3, -0.25) is 4.79 Å². The summed E-state index contributed by atoms with van der Waals surface area (Å²) in [6.07, 6.45) is 0.675. The first-order valence-electron chi connectivity index (χ1n) is 8.15. The molecule has 26 heavy (non-hydrogen) atoms. The fourth-order valence-corrected chi connectivity index (χ4v) is 2.95. The lowest BCUT2D eigenvalue weighted by atomic mass is 10.0. The number of nitrogens with zero attached hydrogens (tertiary/aromatic N) is 2. The van der Waals surface area contributed by atoms with Crippen molar-refractivity contribution in [2.75, 3.05) is 27.9 Å². The number of pyridine rings is 1. The van der Waals surface area contributed by atoms with E-state index in [9.17, 15) is 9.59 Å². The van der Waals surface area contributed by atoms with E-state index in [-0.39, 0.29) is 11.6 Å². The van der Waals surface area contributed by atoms with Gasteiger partial charge in [-0.1, -0.05) is 6.07 Å². The monoisotopic (exact) mass is 356 g/mol. The number of carbonyl (C=O) groups excluding carboxylic acids is 2. The van der Waals surface area contributed by atoms with Crippen LogP contribution in [0.5, 0.6) is 11.5 Å². The maximum absolute atomic E-state index is 12.9. The number of hydrogen-bond acceptors (Lipinski definition) is 6. The van der Waals surface area contributed by atoms with Crippen molar-refractivity contribution < 1.29 is 23.8 Å². The first-order valence-corrected chi connectivity index (χ1v) is 8.15. The Labute approximate surface area is 151 Å². The zero-order valence-electron chi connectivity index (χ0n) is 14.9. The van der Waals surface area contributed by atoms with E-state index < -0.39 is 5.97 Å². The molecule has 0 fully saturated rings. The first-order chi connectivity index (χ1) is 12.6. The molecule has 0 atom stereocenters. The van der Waals surface area contributed by atoms with E-state index in [2.05, 4.69) is 4.98 Å². The average Bonchev–Trinajstić information content (AvgIpc) is 2.71. The summed E-state index contributed by atoms with van der Waals surface area (Å²) in [6.45, 7) is 0.897. The van der Waals surface area contributed by atoms with Crippen molar-refractivity contribution in [2.24, 2.45) is 0 Å². The predicted octanol–water partition coefficient (Wildman–Crippen LogP) is 2.08. The summed E-state index contributed by atoms with van der Waals surface area (Å²) in [5.41, 5.74) is 2.44. The number of methoxy groups -OCH3 is 3. The molecule has 0 saturated heterocycles. The second kappa shape index (κ2) is 7.43. The minimum absolute atomic E-state index is 0.152. The standard InChI is InChI=1S/C19H20N2O5/c1-24-13-5-6-14(17(10-13)25-2)18(22)21-9-8-12-4-7-15(19(23)26-3)20-16(12)11-21/h4-7,10H,8-9,11H2,1-3H3. The highest BCUT2D eigenvalue weighted by Crippen LogP contribution is 2.27. The van der Waals surface area contributed by atoms with Crippen LogP contribution in [-0.2, 0) is 17.7 Å². The average molecular weight is 356 g/mol. The molecule has 1 aromatic heterocycles. The second-order valence-electron chi connectivity index (χ2n) is 5.84. The topological polar surface area (TPSA) is 78.0 Å². The normalized spacial score (nSPS) is 13.0. The third kappa shape index (κ3) is 3.33. The van der Waals surface area contributed by atoms with Crippen LogP contribution in [0.15, 0.2) is 30.3 Å². The van der Waals surface area contributed by atoms with E-state index in [1.807, 2.05) is 6.07 Å². The maximum Gasteiger partial charge on any atom is 0.356 e. The summed E-state index contributed by atoms with van der Waals surface area (Å²) in [7, 11) is 4.39. The fraction of sp³-hybridized carbons (Fsp3) is 0.316. The molecule has 1 aromatic carbocycles. The van der Waals surface area contributed by atoms with E-state index in [0.717, 1.165) is 5.56 Å². The van der Waals surface area contributed by atoms with E-state index >= 15 is 0 Å². The summed E-state index contributed by atoms with van der Waals surface area (Å²) < 4.78 is 15.2. The summed E-state index contributed by atoms with van der Waals surface area (Å²) in [5.74, 6) is 0.427. The van der Waals surface area contributed by atoms with Gasteiger partial charge in [0.1, 0.15) is 17.2 Å². The second-order valence-corrected chi connectivity index (χ2v) is 5.84. The molecule has 0 N–H and O–H groups in total. The lowest BCUT2D eigenvalue weighted by Gasteiger charge is -2.29. The van der Waals surface area contributed by atoms with E-state index in [4.69, 9.17) is 14.2 Å². The van der Waals surface area contributed by atoms with Crippen LogP contribution in [-0.4, -0.2) is 49.6 Å². The largest absolute Gasteiger partial charge is 0.497 e. The van der Waals surface area contributed by atoms with Crippen molar-refractivity contribution >= 4 is 11.9 Å². The minimum atomic E-state index is -0.493. The molecule has 0 saturated carbocycles. The van der Waals surface area contributed by atoms with Crippen LogP contribution in [0.25, 0.3) is 0 Å². The quantitative estimate of drug-likeness (QED) is 0.781. The summed E-state index contributed by atoms with van der Waals surface area (Å²) >= 11 is 0. The molecular formula is C19H20N2O5. The van der Waals surface area contributed by atoms with E-state index in [1.165, 1.54) is 14.2 Å². The Morgan fingerprint density at radius 1 is 1.08 bits per heavy atom. The molecule has 2 heterocycles. The van der Waals surface area contributed by atoms with Crippen molar-refractivity contribution in [1.29, 1.82) is 0 Å². The zero-order valence-corrected chi connectivity index (χ0v) is 14.9. The molecule has 2 aromatic rings. The summed E-state index contributed by atoms with van der Waals surface area (Å²) in [6, 6.07) is 8.60. The number of rotatable bonds is 4. The Morgan fingerprint density at radius 2 is 1.88 bits per heavy atom. The van der Waals surface area contributed by atoms with Gasteiger partial charge in [-0.2, -0.15) is 0 Å². The Morgan fingerprint density at radius 3 is 2.58 bits per heavy atom. The lowest BCUT2D eigenvalue weighted by Crippen LogP contribution is -2.36. The van der Waals surface area contributed by atoms with E-state index in [1.54, 1.807) is 36.3 Å². The van der Waals surface area contributed by atoms with Gasteiger partial charge in [-0.15, -0.1) is 0 Å². The molecule has 0 radical (unpaired) electrons. The Hall–Kier alpha value is -3.09. The van der Waals surface area contributed by atoms with Crippen LogP contribution >= 0.6 is 0 Å². The fourth-order valence-electron chi connectivity index (χ4n) is 2.95. The molecule has 0 unspecified atom stereocenters. The van der Waals surface area contributed by atoms with Crippen LogP contribution in [0, 0.1) is 0 Å². The minimum Gasteiger partial charge on any atom is -0.497 e. The number of ether oxygens (including phenoxy) is 3. The highest BCUT2D eigenvalue weighted by atomic mass is 16.5. The Bertz CT molecular complexity index is 850. The predicted molar refractivity (Wildman–Crippen MR) is 93.6 cm³/mol. The van der Waals surface area contributed by atoms with Gasteiger partial charge in [0, 0.05) is 12.6 Å². The highest BCUT2D eigenvalue weighted by Gasteiger charge is 2.26. The van der Waals surface area contributed by atoms with Gasteiger partial charge in [-0.05, 0) is 30.2 Å². The van der Waals surface area contributed by atoms with Crippen molar-refractivity contribution in [3.8, 4) is 11.5 Å². The van der Waals surface area contributed by atoms with Crippen LogP contribution in [0.2, 0.25) is 0 Å². The van der Waals surface area contributed by atoms with Gasteiger partial charge in [-0.25, -0.2) is 9.78 Å². The number of fused-ring (bicyclic) bond motifs is 1. The molecule has 7 nitrogen and oxygen atoms in total. The number of esters is 1. The number of benzene rings is 1. The highest BCUT2D eigenvalue weighted by molar-refractivity contribution is 5.97. The van der Waals surface area contributed by atoms with Crippen LogP contribution in [0.1, 0.15) is 32.1 Å². The molecule has 0 aliphatic carbocycles. The maximum atomic E-state index is 12.9. The molecule has 3 rings (SSSR count). The summed E-state index contributed by atoms with van der Waals surface area (Å²) in [5, 5.41) is 0. The zero-order chi connectivity index (χ0) is 18.7. The number of aromatic nitrogens is 1. The third-order valence-electron chi connectivity index (χ3n) is 4.38. The molecule has 0 bridgehead atoms. The lowest BCUT2D eigenvalue weighted by molar-refractivity contribution is 0.0593. The van der Waals surface area contributed by atoms with Gasteiger partial charge in [0.05, 0.1) is 39.1 Å².